The quantitative estimate of drug-likeness (QED) is 0.749. The highest BCUT2D eigenvalue weighted by molar-refractivity contribution is 7.99. The van der Waals surface area contributed by atoms with Gasteiger partial charge in [0.2, 0.25) is 10.0 Å². The molecule has 1 atom stereocenters. The van der Waals surface area contributed by atoms with Gasteiger partial charge in [-0.3, -0.25) is 0 Å². The van der Waals surface area contributed by atoms with Crippen LogP contribution in [0.1, 0.15) is 13.8 Å². The van der Waals surface area contributed by atoms with E-state index >= 15 is 0 Å². The summed E-state index contributed by atoms with van der Waals surface area (Å²) < 4.78 is 45.2. The first-order chi connectivity index (χ1) is 9.31. The Hall–Kier alpha value is -0.990. The number of halogens is 1. The Balaban J connectivity index is 2.99. The molecular formula is C12H19FN2O3S2. The molecule has 0 heterocycles. The van der Waals surface area contributed by atoms with Gasteiger partial charge in [-0.25, -0.2) is 17.5 Å². The van der Waals surface area contributed by atoms with Crippen molar-refractivity contribution in [2.75, 3.05) is 24.3 Å². The molecule has 0 aromatic heterocycles. The molecule has 0 fully saturated rings. The molecule has 1 rings (SSSR count). The molecule has 5 nitrogen and oxygen atoms in total. The standard InChI is InChI=1S/C12H19FN2O3S2/c1-4-19-7-8(2)15-20(16,17)9-5-10(13)12(18-3)11(14)6-9/h5-6,8,15H,4,7,14H2,1-3H3. The lowest BCUT2D eigenvalue weighted by Crippen LogP contribution is -2.34. The summed E-state index contributed by atoms with van der Waals surface area (Å²) in [6, 6.07) is 1.83. The van der Waals surface area contributed by atoms with E-state index < -0.39 is 15.8 Å². The van der Waals surface area contributed by atoms with E-state index in [0.29, 0.717) is 5.75 Å². The summed E-state index contributed by atoms with van der Waals surface area (Å²) in [5.74, 6) is 0.585. The first-order valence-corrected chi connectivity index (χ1v) is 8.68. The highest BCUT2D eigenvalue weighted by atomic mass is 32.2. The van der Waals surface area contributed by atoms with Gasteiger partial charge in [-0.15, -0.1) is 0 Å². The Kier molecular flexibility index (Phi) is 6.09. The topological polar surface area (TPSA) is 81.4 Å². The molecule has 1 aromatic rings. The molecular weight excluding hydrogens is 303 g/mol. The zero-order valence-electron chi connectivity index (χ0n) is 11.6. The van der Waals surface area contributed by atoms with Crippen molar-refractivity contribution in [3.63, 3.8) is 0 Å². The number of ether oxygens (including phenoxy) is 1. The van der Waals surface area contributed by atoms with Gasteiger partial charge >= 0.3 is 0 Å². The predicted molar refractivity (Wildman–Crippen MR) is 80.1 cm³/mol. The number of benzene rings is 1. The van der Waals surface area contributed by atoms with E-state index in [1.807, 2.05) is 6.92 Å². The average molecular weight is 322 g/mol. The molecule has 0 aliphatic carbocycles. The number of rotatable bonds is 7. The van der Waals surface area contributed by atoms with Crippen molar-refractivity contribution in [1.82, 2.24) is 4.72 Å². The number of methoxy groups -OCH3 is 1. The minimum absolute atomic E-state index is 0.0524. The number of thioether (sulfide) groups is 1. The van der Waals surface area contributed by atoms with E-state index in [1.165, 1.54) is 13.2 Å². The number of hydrogen-bond donors (Lipinski definition) is 2. The van der Waals surface area contributed by atoms with Crippen LogP contribution in [0.15, 0.2) is 17.0 Å². The average Bonchev–Trinajstić information content (AvgIpc) is 2.35. The van der Waals surface area contributed by atoms with Crippen molar-refractivity contribution in [1.29, 1.82) is 0 Å². The Bertz CT molecular complexity index is 541. The molecule has 0 aliphatic heterocycles. The maximum atomic E-state index is 13.7. The van der Waals surface area contributed by atoms with Crippen molar-refractivity contribution in [3.8, 4) is 5.75 Å². The zero-order valence-corrected chi connectivity index (χ0v) is 13.3. The van der Waals surface area contributed by atoms with Gasteiger partial charge in [0.05, 0.1) is 17.7 Å². The largest absolute Gasteiger partial charge is 0.492 e. The normalized spacial score (nSPS) is 13.2. The second-order valence-electron chi connectivity index (χ2n) is 4.21. The van der Waals surface area contributed by atoms with Crippen LogP contribution in [0.4, 0.5) is 10.1 Å². The third-order valence-electron chi connectivity index (χ3n) is 2.49. The minimum Gasteiger partial charge on any atom is -0.492 e. The number of nitrogens with one attached hydrogen (secondary N) is 1. The van der Waals surface area contributed by atoms with Gasteiger partial charge in [0.1, 0.15) is 0 Å². The Morgan fingerprint density at radius 2 is 2.15 bits per heavy atom. The van der Waals surface area contributed by atoms with E-state index in [-0.39, 0.29) is 22.4 Å². The van der Waals surface area contributed by atoms with Crippen molar-refractivity contribution in [3.05, 3.63) is 17.9 Å². The van der Waals surface area contributed by atoms with Crippen LogP contribution in [-0.4, -0.2) is 33.1 Å². The van der Waals surface area contributed by atoms with Crippen LogP contribution < -0.4 is 15.2 Å². The van der Waals surface area contributed by atoms with Gasteiger partial charge in [0, 0.05) is 11.8 Å². The zero-order chi connectivity index (χ0) is 15.3. The van der Waals surface area contributed by atoms with E-state index in [4.69, 9.17) is 10.5 Å². The fraction of sp³-hybridized carbons (Fsp3) is 0.500. The Labute approximate surface area is 123 Å². The molecule has 8 heteroatoms. The molecule has 20 heavy (non-hydrogen) atoms. The SMILES string of the molecule is CCSCC(C)NS(=O)(=O)c1cc(N)c(OC)c(F)c1. The van der Waals surface area contributed by atoms with Crippen LogP contribution in [0.25, 0.3) is 0 Å². The number of sulfonamides is 1. The summed E-state index contributed by atoms with van der Waals surface area (Å²) in [6.45, 7) is 3.74. The molecule has 0 amide bonds. The lowest BCUT2D eigenvalue weighted by Gasteiger charge is -2.15. The summed E-state index contributed by atoms with van der Waals surface area (Å²) in [5.41, 5.74) is 5.53. The van der Waals surface area contributed by atoms with Crippen LogP contribution in [-0.2, 0) is 10.0 Å². The van der Waals surface area contributed by atoms with E-state index in [0.717, 1.165) is 11.8 Å². The number of anilines is 1. The predicted octanol–water partition coefficient (Wildman–Crippen LogP) is 1.84. The van der Waals surface area contributed by atoms with Gasteiger partial charge in [0.25, 0.3) is 0 Å². The van der Waals surface area contributed by atoms with Crippen LogP contribution >= 0.6 is 11.8 Å². The van der Waals surface area contributed by atoms with Gasteiger partial charge in [-0.2, -0.15) is 11.8 Å². The molecule has 3 N–H and O–H groups in total. The molecule has 0 radical (unpaired) electrons. The Morgan fingerprint density at radius 3 is 2.65 bits per heavy atom. The van der Waals surface area contributed by atoms with Gasteiger partial charge in [-0.05, 0) is 24.8 Å². The van der Waals surface area contributed by atoms with Gasteiger partial charge in [0.15, 0.2) is 11.6 Å². The fourth-order valence-electron chi connectivity index (χ4n) is 1.62. The number of nitrogen functional groups attached to an aromatic ring is 1. The van der Waals surface area contributed by atoms with Crippen molar-refractivity contribution in [2.24, 2.45) is 0 Å². The van der Waals surface area contributed by atoms with Crippen molar-refractivity contribution >= 4 is 27.5 Å². The second kappa shape index (κ2) is 7.14. The molecule has 1 unspecified atom stereocenters. The molecule has 114 valence electrons. The maximum Gasteiger partial charge on any atom is 0.241 e. The van der Waals surface area contributed by atoms with E-state index in [9.17, 15) is 12.8 Å². The number of nitrogens with two attached hydrogens (primary N) is 1. The van der Waals surface area contributed by atoms with Gasteiger partial charge in [-0.1, -0.05) is 6.92 Å². The maximum absolute atomic E-state index is 13.7. The lowest BCUT2D eigenvalue weighted by molar-refractivity contribution is 0.388. The first kappa shape index (κ1) is 17.1. The molecule has 0 saturated carbocycles. The van der Waals surface area contributed by atoms with Crippen molar-refractivity contribution in [2.45, 2.75) is 24.8 Å². The lowest BCUT2D eigenvalue weighted by atomic mass is 10.3. The molecule has 0 aliphatic rings. The summed E-state index contributed by atoms with van der Waals surface area (Å²) in [6.07, 6.45) is 0. The second-order valence-corrected chi connectivity index (χ2v) is 7.24. The van der Waals surface area contributed by atoms with Crippen molar-refractivity contribution < 1.29 is 17.5 Å². The molecule has 1 aromatic carbocycles. The van der Waals surface area contributed by atoms with Crippen LogP contribution in [0.5, 0.6) is 5.75 Å². The van der Waals surface area contributed by atoms with Crippen LogP contribution in [0.3, 0.4) is 0 Å². The minimum atomic E-state index is -3.80. The molecule has 0 spiro atoms. The Morgan fingerprint density at radius 1 is 1.50 bits per heavy atom. The summed E-state index contributed by atoms with van der Waals surface area (Å²) in [7, 11) is -2.53. The highest BCUT2D eigenvalue weighted by Gasteiger charge is 2.21. The monoisotopic (exact) mass is 322 g/mol. The summed E-state index contributed by atoms with van der Waals surface area (Å²) in [4.78, 5) is -0.207. The van der Waals surface area contributed by atoms with E-state index in [2.05, 4.69) is 4.72 Å². The van der Waals surface area contributed by atoms with Crippen LogP contribution in [0, 0.1) is 5.82 Å². The van der Waals surface area contributed by atoms with E-state index in [1.54, 1.807) is 18.7 Å². The molecule has 0 bridgehead atoms. The fourth-order valence-corrected chi connectivity index (χ4v) is 3.69. The van der Waals surface area contributed by atoms with Crippen LogP contribution in [0.2, 0.25) is 0 Å². The molecule has 0 saturated heterocycles. The van der Waals surface area contributed by atoms with Gasteiger partial charge < -0.3 is 10.5 Å². The number of hydrogen-bond acceptors (Lipinski definition) is 5. The highest BCUT2D eigenvalue weighted by Crippen LogP contribution is 2.28. The summed E-state index contributed by atoms with van der Waals surface area (Å²) >= 11 is 1.62. The third-order valence-corrected chi connectivity index (χ3v) is 5.20. The summed E-state index contributed by atoms with van der Waals surface area (Å²) in [5, 5.41) is 0. The smallest absolute Gasteiger partial charge is 0.241 e. The third kappa shape index (κ3) is 4.26. The first-order valence-electron chi connectivity index (χ1n) is 6.05.